The summed E-state index contributed by atoms with van der Waals surface area (Å²) in [5, 5.41) is 0.620. The monoisotopic (exact) mass is 343 g/mol. The first-order chi connectivity index (χ1) is 11.5. The van der Waals surface area contributed by atoms with Crippen LogP contribution in [0.15, 0.2) is 48.8 Å². The summed E-state index contributed by atoms with van der Waals surface area (Å²) >= 11 is 5.88. The van der Waals surface area contributed by atoms with Crippen LogP contribution in [0.4, 0.5) is 5.69 Å². The van der Waals surface area contributed by atoms with Crippen LogP contribution in [0.1, 0.15) is 12.0 Å². The van der Waals surface area contributed by atoms with Gasteiger partial charge in [0.05, 0.1) is 5.92 Å². The van der Waals surface area contributed by atoms with Crippen LogP contribution in [0.5, 0.6) is 0 Å². The molecule has 3 rings (SSSR count). The Bertz CT molecular complexity index is 734. The second kappa shape index (κ2) is 7.01. The van der Waals surface area contributed by atoms with Gasteiger partial charge in [0.2, 0.25) is 11.8 Å². The number of anilines is 1. The van der Waals surface area contributed by atoms with Crippen molar-refractivity contribution in [2.24, 2.45) is 5.92 Å². The summed E-state index contributed by atoms with van der Waals surface area (Å²) in [5.74, 6) is -0.385. The largest absolute Gasteiger partial charge is 0.341 e. The Morgan fingerprint density at radius 3 is 2.75 bits per heavy atom. The second-order valence-electron chi connectivity index (χ2n) is 5.94. The van der Waals surface area contributed by atoms with E-state index in [1.165, 1.54) is 0 Å². The minimum atomic E-state index is -0.324. The molecule has 1 unspecified atom stereocenters. The minimum Gasteiger partial charge on any atom is -0.341 e. The molecule has 2 heterocycles. The van der Waals surface area contributed by atoms with Crippen molar-refractivity contribution in [3.63, 3.8) is 0 Å². The van der Waals surface area contributed by atoms with Crippen LogP contribution in [0.2, 0.25) is 5.02 Å². The molecule has 0 radical (unpaired) electrons. The number of carbonyl (C=O) groups excluding carboxylic acids is 2. The third kappa shape index (κ3) is 3.57. The van der Waals surface area contributed by atoms with E-state index in [1.807, 2.05) is 12.1 Å². The molecule has 0 spiro atoms. The van der Waals surface area contributed by atoms with Gasteiger partial charge < -0.3 is 9.80 Å². The molecular formula is C18H18ClN3O2. The first-order valence-electron chi connectivity index (χ1n) is 7.74. The Balaban J connectivity index is 1.66. The predicted octanol–water partition coefficient (Wildman–Crippen LogP) is 2.75. The standard InChI is InChI=1S/C18H18ClN3O2/c1-21(11-13-3-2-8-20-10-13)18(24)14-9-17(23)22(12-14)16-6-4-15(19)5-7-16/h2-8,10,14H,9,11-12H2,1H3. The maximum absolute atomic E-state index is 12.6. The summed E-state index contributed by atoms with van der Waals surface area (Å²) in [6.07, 6.45) is 3.67. The Labute approximate surface area is 145 Å². The first kappa shape index (κ1) is 16.5. The van der Waals surface area contributed by atoms with Crippen LogP contribution in [0, 0.1) is 5.92 Å². The number of halogens is 1. The van der Waals surface area contributed by atoms with Crippen molar-refractivity contribution in [2.75, 3.05) is 18.5 Å². The van der Waals surface area contributed by atoms with Gasteiger partial charge in [-0.05, 0) is 35.9 Å². The molecule has 0 bridgehead atoms. The Morgan fingerprint density at radius 2 is 2.08 bits per heavy atom. The summed E-state index contributed by atoms with van der Waals surface area (Å²) < 4.78 is 0. The SMILES string of the molecule is CN(Cc1cccnc1)C(=O)C1CC(=O)N(c2ccc(Cl)cc2)C1. The number of rotatable bonds is 4. The van der Waals surface area contributed by atoms with Crippen LogP contribution < -0.4 is 4.90 Å². The van der Waals surface area contributed by atoms with E-state index in [4.69, 9.17) is 11.6 Å². The number of benzene rings is 1. The lowest BCUT2D eigenvalue weighted by molar-refractivity contribution is -0.135. The number of hydrogen-bond acceptors (Lipinski definition) is 3. The van der Waals surface area contributed by atoms with Gasteiger partial charge in [0.1, 0.15) is 0 Å². The molecule has 0 N–H and O–H groups in total. The lowest BCUT2D eigenvalue weighted by Crippen LogP contribution is -2.34. The van der Waals surface area contributed by atoms with Gasteiger partial charge in [0, 0.05) is 49.7 Å². The summed E-state index contributed by atoms with van der Waals surface area (Å²) in [6, 6.07) is 10.9. The normalized spacial score (nSPS) is 17.2. The van der Waals surface area contributed by atoms with Crippen molar-refractivity contribution < 1.29 is 9.59 Å². The number of amides is 2. The number of aromatic nitrogens is 1. The van der Waals surface area contributed by atoms with Crippen molar-refractivity contribution in [1.82, 2.24) is 9.88 Å². The lowest BCUT2D eigenvalue weighted by atomic mass is 10.1. The van der Waals surface area contributed by atoms with Gasteiger partial charge in [-0.25, -0.2) is 0 Å². The molecule has 0 aliphatic carbocycles. The molecule has 124 valence electrons. The molecular weight excluding hydrogens is 326 g/mol. The molecule has 1 aromatic heterocycles. The minimum absolute atomic E-state index is 0.0244. The molecule has 0 saturated carbocycles. The second-order valence-corrected chi connectivity index (χ2v) is 6.37. The highest BCUT2D eigenvalue weighted by atomic mass is 35.5. The predicted molar refractivity (Wildman–Crippen MR) is 92.6 cm³/mol. The first-order valence-corrected chi connectivity index (χ1v) is 8.12. The number of pyridine rings is 1. The zero-order valence-electron chi connectivity index (χ0n) is 13.4. The molecule has 1 aliphatic rings. The third-order valence-electron chi connectivity index (χ3n) is 4.13. The van der Waals surface area contributed by atoms with Gasteiger partial charge in [-0.15, -0.1) is 0 Å². The molecule has 24 heavy (non-hydrogen) atoms. The van der Waals surface area contributed by atoms with E-state index in [0.717, 1.165) is 11.3 Å². The highest BCUT2D eigenvalue weighted by Crippen LogP contribution is 2.27. The fraction of sp³-hybridized carbons (Fsp3) is 0.278. The molecule has 6 heteroatoms. The van der Waals surface area contributed by atoms with E-state index < -0.39 is 0 Å². The Morgan fingerprint density at radius 1 is 1.33 bits per heavy atom. The van der Waals surface area contributed by atoms with Crippen molar-refractivity contribution >= 4 is 29.1 Å². The van der Waals surface area contributed by atoms with Crippen LogP contribution in [0.3, 0.4) is 0 Å². The molecule has 5 nitrogen and oxygen atoms in total. The number of hydrogen-bond donors (Lipinski definition) is 0. The molecule has 2 aromatic rings. The van der Waals surface area contributed by atoms with Gasteiger partial charge in [-0.1, -0.05) is 17.7 Å². The van der Waals surface area contributed by atoms with Crippen molar-refractivity contribution in [3.05, 3.63) is 59.4 Å². The molecule has 1 saturated heterocycles. The highest BCUT2D eigenvalue weighted by molar-refractivity contribution is 6.30. The quantitative estimate of drug-likeness (QED) is 0.857. The maximum atomic E-state index is 12.6. The summed E-state index contributed by atoms with van der Waals surface area (Å²) in [6.45, 7) is 0.884. The van der Waals surface area contributed by atoms with E-state index in [9.17, 15) is 9.59 Å². The van der Waals surface area contributed by atoms with Gasteiger partial charge in [-0.3, -0.25) is 14.6 Å². The van der Waals surface area contributed by atoms with Crippen molar-refractivity contribution in [2.45, 2.75) is 13.0 Å². The average Bonchev–Trinajstić information content (AvgIpc) is 2.97. The van der Waals surface area contributed by atoms with Crippen molar-refractivity contribution in [3.8, 4) is 0 Å². The summed E-state index contributed by atoms with van der Waals surface area (Å²) in [5.41, 5.74) is 1.74. The van der Waals surface area contributed by atoms with E-state index >= 15 is 0 Å². The van der Waals surface area contributed by atoms with Crippen LogP contribution in [-0.4, -0.2) is 35.3 Å². The van der Waals surface area contributed by atoms with E-state index in [-0.39, 0.29) is 24.2 Å². The zero-order valence-corrected chi connectivity index (χ0v) is 14.1. The fourth-order valence-corrected chi connectivity index (χ4v) is 3.02. The Kier molecular flexibility index (Phi) is 4.81. The lowest BCUT2D eigenvalue weighted by Gasteiger charge is -2.21. The van der Waals surface area contributed by atoms with E-state index in [0.29, 0.717) is 18.1 Å². The smallest absolute Gasteiger partial charge is 0.228 e. The fourth-order valence-electron chi connectivity index (χ4n) is 2.90. The van der Waals surface area contributed by atoms with Crippen LogP contribution in [0.25, 0.3) is 0 Å². The maximum Gasteiger partial charge on any atom is 0.228 e. The van der Waals surface area contributed by atoms with Crippen LogP contribution >= 0.6 is 11.6 Å². The third-order valence-corrected chi connectivity index (χ3v) is 4.38. The van der Waals surface area contributed by atoms with Crippen molar-refractivity contribution in [1.29, 1.82) is 0 Å². The van der Waals surface area contributed by atoms with Gasteiger partial charge >= 0.3 is 0 Å². The molecule has 2 amide bonds. The molecule has 1 aromatic carbocycles. The van der Waals surface area contributed by atoms with E-state index in [2.05, 4.69) is 4.98 Å². The molecule has 1 aliphatic heterocycles. The number of nitrogens with zero attached hydrogens (tertiary/aromatic N) is 3. The summed E-state index contributed by atoms with van der Waals surface area (Å²) in [4.78, 5) is 32.3. The topological polar surface area (TPSA) is 53.5 Å². The number of carbonyl (C=O) groups is 2. The average molecular weight is 344 g/mol. The zero-order chi connectivity index (χ0) is 17.1. The highest BCUT2D eigenvalue weighted by Gasteiger charge is 2.36. The summed E-state index contributed by atoms with van der Waals surface area (Å²) in [7, 11) is 1.75. The van der Waals surface area contributed by atoms with Gasteiger partial charge in [0.25, 0.3) is 0 Å². The Hall–Kier alpha value is -2.40. The molecule has 1 atom stereocenters. The van der Waals surface area contributed by atoms with E-state index in [1.54, 1.807) is 53.5 Å². The van der Waals surface area contributed by atoms with Gasteiger partial charge in [0.15, 0.2) is 0 Å². The van der Waals surface area contributed by atoms with Crippen LogP contribution in [-0.2, 0) is 16.1 Å². The van der Waals surface area contributed by atoms with Gasteiger partial charge in [-0.2, -0.15) is 0 Å². The molecule has 1 fully saturated rings.